The SMILES string of the molecule is COC(=O)c1ccc(CNC2CCC(=O)N(C)C2)nc1. The van der Waals surface area contributed by atoms with Crippen molar-refractivity contribution in [1.82, 2.24) is 15.2 Å². The maximum absolute atomic E-state index is 11.4. The Bertz CT molecular complexity index is 487. The fourth-order valence-electron chi connectivity index (χ4n) is 2.20. The van der Waals surface area contributed by atoms with Crippen LogP contribution in [0.2, 0.25) is 0 Å². The van der Waals surface area contributed by atoms with Crippen LogP contribution in [0.1, 0.15) is 28.9 Å². The standard InChI is InChI=1S/C14H19N3O3/c1-17-9-12(5-6-13(17)18)16-8-11-4-3-10(7-15-11)14(19)20-2/h3-4,7,12,16H,5-6,8-9H2,1-2H3. The number of piperidine rings is 1. The third-order valence-corrected chi connectivity index (χ3v) is 3.44. The van der Waals surface area contributed by atoms with Crippen LogP contribution in [0.4, 0.5) is 0 Å². The molecule has 0 aromatic carbocycles. The normalized spacial score (nSPS) is 19.0. The monoisotopic (exact) mass is 277 g/mol. The maximum Gasteiger partial charge on any atom is 0.339 e. The topological polar surface area (TPSA) is 71.5 Å². The van der Waals surface area contributed by atoms with Gasteiger partial charge in [-0.1, -0.05) is 0 Å². The number of esters is 1. The minimum absolute atomic E-state index is 0.198. The smallest absolute Gasteiger partial charge is 0.339 e. The van der Waals surface area contributed by atoms with Gasteiger partial charge in [-0.15, -0.1) is 0 Å². The molecule has 1 fully saturated rings. The quantitative estimate of drug-likeness (QED) is 0.815. The molecule has 1 atom stereocenters. The Morgan fingerprint density at radius 3 is 2.95 bits per heavy atom. The lowest BCUT2D eigenvalue weighted by Crippen LogP contribution is -2.46. The predicted octanol–water partition coefficient (Wildman–Crippen LogP) is 0.579. The molecule has 6 heteroatoms. The van der Waals surface area contributed by atoms with Crippen LogP contribution >= 0.6 is 0 Å². The number of likely N-dealkylation sites (tertiary alicyclic amines) is 1. The summed E-state index contributed by atoms with van der Waals surface area (Å²) >= 11 is 0. The van der Waals surface area contributed by atoms with Gasteiger partial charge >= 0.3 is 5.97 Å². The number of rotatable bonds is 4. The molecule has 0 saturated carbocycles. The van der Waals surface area contributed by atoms with Gasteiger partial charge in [-0.25, -0.2) is 4.79 Å². The van der Waals surface area contributed by atoms with Crippen LogP contribution in [-0.2, 0) is 16.1 Å². The number of nitrogens with one attached hydrogen (secondary N) is 1. The molecule has 1 amide bonds. The van der Waals surface area contributed by atoms with E-state index in [1.54, 1.807) is 17.0 Å². The first-order chi connectivity index (χ1) is 9.60. The highest BCUT2D eigenvalue weighted by Crippen LogP contribution is 2.10. The number of hydrogen-bond acceptors (Lipinski definition) is 5. The summed E-state index contributed by atoms with van der Waals surface area (Å²) in [5, 5.41) is 3.38. The molecule has 0 radical (unpaired) electrons. The zero-order chi connectivity index (χ0) is 14.5. The molecule has 0 spiro atoms. The summed E-state index contributed by atoms with van der Waals surface area (Å²) in [6.07, 6.45) is 2.95. The molecule has 1 saturated heterocycles. The van der Waals surface area contributed by atoms with Gasteiger partial charge in [0.05, 0.1) is 18.4 Å². The number of aromatic nitrogens is 1. The van der Waals surface area contributed by atoms with Gasteiger partial charge in [-0.3, -0.25) is 9.78 Å². The number of hydrogen-bond donors (Lipinski definition) is 1. The lowest BCUT2D eigenvalue weighted by atomic mass is 10.1. The van der Waals surface area contributed by atoms with Gasteiger partial charge in [-0.05, 0) is 18.6 Å². The zero-order valence-corrected chi connectivity index (χ0v) is 11.8. The molecule has 0 bridgehead atoms. The van der Waals surface area contributed by atoms with Gasteiger partial charge in [0.1, 0.15) is 0 Å². The predicted molar refractivity (Wildman–Crippen MR) is 73.1 cm³/mol. The van der Waals surface area contributed by atoms with Crippen molar-refractivity contribution in [3.8, 4) is 0 Å². The van der Waals surface area contributed by atoms with E-state index in [4.69, 9.17) is 0 Å². The molecule has 1 aliphatic heterocycles. The lowest BCUT2D eigenvalue weighted by molar-refractivity contribution is -0.132. The summed E-state index contributed by atoms with van der Waals surface area (Å²) < 4.78 is 4.62. The first-order valence-electron chi connectivity index (χ1n) is 6.60. The van der Waals surface area contributed by atoms with Gasteiger partial charge in [0, 0.05) is 38.8 Å². The van der Waals surface area contributed by atoms with Crippen molar-refractivity contribution in [1.29, 1.82) is 0 Å². The van der Waals surface area contributed by atoms with E-state index in [1.165, 1.54) is 13.3 Å². The van der Waals surface area contributed by atoms with Gasteiger partial charge < -0.3 is 15.0 Å². The van der Waals surface area contributed by atoms with E-state index >= 15 is 0 Å². The first kappa shape index (κ1) is 14.5. The van der Waals surface area contributed by atoms with Crippen LogP contribution in [0.25, 0.3) is 0 Å². The van der Waals surface area contributed by atoms with Crippen LogP contribution in [0.15, 0.2) is 18.3 Å². The van der Waals surface area contributed by atoms with Crippen molar-refractivity contribution < 1.29 is 14.3 Å². The maximum atomic E-state index is 11.4. The average Bonchev–Trinajstić information content (AvgIpc) is 2.48. The molecule has 0 aliphatic carbocycles. The summed E-state index contributed by atoms with van der Waals surface area (Å²) in [6, 6.07) is 3.79. The number of nitrogens with zero attached hydrogens (tertiary/aromatic N) is 2. The number of ether oxygens (including phenoxy) is 1. The fraction of sp³-hybridized carbons (Fsp3) is 0.500. The summed E-state index contributed by atoms with van der Waals surface area (Å²) in [6.45, 7) is 1.34. The van der Waals surface area contributed by atoms with Crippen LogP contribution in [0.3, 0.4) is 0 Å². The first-order valence-corrected chi connectivity index (χ1v) is 6.60. The van der Waals surface area contributed by atoms with Crippen LogP contribution < -0.4 is 5.32 Å². The minimum Gasteiger partial charge on any atom is -0.465 e. The Balaban J connectivity index is 1.85. The Morgan fingerprint density at radius 1 is 1.55 bits per heavy atom. The van der Waals surface area contributed by atoms with E-state index in [0.29, 0.717) is 24.6 Å². The van der Waals surface area contributed by atoms with Crippen LogP contribution in [-0.4, -0.2) is 48.5 Å². The summed E-state index contributed by atoms with van der Waals surface area (Å²) in [7, 11) is 3.16. The van der Waals surface area contributed by atoms with E-state index in [2.05, 4.69) is 15.0 Å². The molecule has 1 aromatic rings. The van der Waals surface area contributed by atoms with E-state index in [-0.39, 0.29) is 11.9 Å². The number of amides is 1. The second-order valence-electron chi connectivity index (χ2n) is 4.92. The van der Waals surface area contributed by atoms with Crippen LogP contribution in [0, 0.1) is 0 Å². The van der Waals surface area contributed by atoms with Gasteiger partial charge in [-0.2, -0.15) is 0 Å². The lowest BCUT2D eigenvalue weighted by Gasteiger charge is -2.30. The largest absolute Gasteiger partial charge is 0.465 e. The van der Waals surface area contributed by atoms with Crippen molar-refractivity contribution in [2.24, 2.45) is 0 Å². The number of carbonyl (C=O) groups is 2. The molecular formula is C14H19N3O3. The molecule has 2 heterocycles. The molecule has 1 unspecified atom stereocenters. The number of pyridine rings is 1. The van der Waals surface area contributed by atoms with E-state index < -0.39 is 0 Å². The molecule has 1 aliphatic rings. The Hall–Kier alpha value is -1.95. The Labute approximate surface area is 118 Å². The summed E-state index contributed by atoms with van der Waals surface area (Å²) in [4.78, 5) is 28.6. The second kappa shape index (κ2) is 6.47. The minimum atomic E-state index is -0.385. The molecule has 20 heavy (non-hydrogen) atoms. The van der Waals surface area contributed by atoms with E-state index in [0.717, 1.165) is 18.7 Å². The average molecular weight is 277 g/mol. The number of methoxy groups -OCH3 is 1. The van der Waals surface area contributed by atoms with Crippen molar-refractivity contribution in [2.45, 2.75) is 25.4 Å². The molecule has 6 nitrogen and oxygen atoms in total. The number of likely N-dealkylation sites (N-methyl/N-ethyl adjacent to an activating group) is 1. The molecular weight excluding hydrogens is 258 g/mol. The van der Waals surface area contributed by atoms with Crippen molar-refractivity contribution in [3.05, 3.63) is 29.6 Å². The second-order valence-corrected chi connectivity index (χ2v) is 4.92. The molecule has 1 N–H and O–H groups in total. The van der Waals surface area contributed by atoms with Crippen molar-refractivity contribution in [2.75, 3.05) is 20.7 Å². The van der Waals surface area contributed by atoms with Crippen LogP contribution in [0.5, 0.6) is 0 Å². The Morgan fingerprint density at radius 2 is 2.35 bits per heavy atom. The molecule has 1 aromatic heterocycles. The fourth-order valence-corrected chi connectivity index (χ4v) is 2.20. The van der Waals surface area contributed by atoms with Crippen molar-refractivity contribution in [3.63, 3.8) is 0 Å². The van der Waals surface area contributed by atoms with Gasteiger partial charge in [0.15, 0.2) is 0 Å². The summed E-state index contributed by atoms with van der Waals surface area (Å²) in [5.41, 5.74) is 1.30. The van der Waals surface area contributed by atoms with E-state index in [9.17, 15) is 9.59 Å². The third kappa shape index (κ3) is 3.54. The van der Waals surface area contributed by atoms with Gasteiger partial charge in [0.25, 0.3) is 0 Å². The van der Waals surface area contributed by atoms with Gasteiger partial charge in [0.2, 0.25) is 5.91 Å². The summed E-state index contributed by atoms with van der Waals surface area (Å²) in [5.74, 6) is -0.187. The molecule has 2 rings (SSSR count). The third-order valence-electron chi connectivity index (χ3n) is 3.44. The highest BCUT2D eigenvalue weighted by Gasteiger charge is 2.22. The highest BCUT2D eigenvalue weighted by molar-refractivity contribution is 5.88. The zero-order valence-electron chi connectivity index (χ0n) is 11.8. The Kier molecular flexibility index (Phi) is 4.68. The van der Waals surface area contributed by atoms with E-state index in [1.807, 2.05) is 7.05 Å². The van der Waals surface area contributed by atoms with Crippen molar-refractivity contribution >= 4 is 11.9 Å². The highest BCUT2D eigenvalue weighted by atomic mass is 16.5. The number of carbonyl (C=O) groups excluding carboxylic acids is 2. The molecule has 108 valence electrons.